The SMILES string of the molecule is [2H]C([2H])([2H])C([2H])(C([2H])([2H])[2H])[C@@]([2H])(NC(=O)OC)C(=O)N1CCC[C@H]1c1ncc(-c2ccc([C@H]3CC[C@H](c4cnc([C@@H]5CCCN5C(=O)[C@]([2H])(NC(=O)OC)C([2H])(C([2H])([2H])[2H])C([2H])([2H])[2H])[nH]4)CC3)cc2)[nH]1. The molecule has 0 spiro atoms. The van der Waals surface area contributed by atoms with Gasteiger partial charge in [0.2, 0.25) is 11.8 Å². The highest BCUT2D eigenvalue weighted by Crippen LogP contribution is 2.41. The fraction of sp³-hybridized carbons (Fsp3) is 0.600. The van der Waals surface area contributed by atoms with Gasteiger partial charge in [-0.3, -0.25) is 9.59 Å². The number of likely N-dealkylation sites (tertiary alicyclic amines) is 2. The number of aromatic amines is 2. The van der Waals surface area contributed by atoms with Gasteiger partial charge in [0.1, 0.15) is 23.7 Å². The zero-order valence-corrected chi connectivity index (χ0v) is 30.1. The number of imidazole rings is 2. The van der Waals surface area contributed by atoms with Crippen molar-refractivity contribution in [3.8, 4) is 11.3 Å². The van der Waals surface area contributed by atoms with E-state index >= 15 is 0 Å². The van der Waals surface area contributed by atoms with Crippen LogP contribution >= 0.6 is 0 Å². The number of carbonyl (C=O) groups is 4. The summed E-state index contributed by atoms with van der Waals surface area (Å²) in [4.78, 5) is 70.8. The van der Waals surface area contributed by atoms with Crippen molar-refractivity contribution in [3.05, 3.63) is 59.6 Å². The molecule has 2 aliphatic heterocycles. The van der Waals surface area contributed by atoms with Crippen LogP contribution in [-0.2, 0) is 19.1 Å². The summed E-state index contributed by atoms with van der Waals surface area (Å²) in [6.07, 6.45) is 4.71. The minimum Gasteiger partial charge on any atom is -0.453 e. The predicted molar refractivity (Wildman–Crippen MR) is 202 cm³/mol. The quantitative estimate of drug-likeness (QED) is 0.175. The van der Waals surface area contributed by atoms with E-state index in [9.17, 15) is 19.2 Å². The first kappa shape index (κ1) is 23.1. The van der Waals surface area contributed by atoms with Gasteiger partial charge in [-0.05, 0) is 80.2 Å². The standard InChI is InChI=1S/C40H56N8O6/c1-23(2)33(45-39(51)53-5)37(49)47-19-7-9-31(47)35-41-21-29(43-35)27-15-11-25(12-16-27)26-13-17-28(18-14-26)30-22-42-36(44-30)32-10-8-20-48(32)38(50)34(24(3)4)46-40(52)54-6/h11-12,15-16,21-24,26,28,31-34H,7-10,13-14,17-20H2,1-6H3,(H,41,43)(H,42,44)(H,45,51)(H,46,52)/t26-,28-,31-,32-,33+,34+/m0/s1/i1D3,2D3,3D3,4D3,23D,24D,33D,34D. The number of methoxy groups -OCH3 is 2. The number of hydrogen-bond acceptors (Lipinski definition) is 8. The van der Waals surface area contributed by atoms with Gasteiger partial charge >= 0.3 is 12.2 Å². The topological polar surface area (TPSA) is 175 Å². The van der Waals surface area contributed by atoms with E-state index in [1.165, 1.54) is 6.20 Å². The maximum atomic E-state index is 14.2. The number of amides is 4. The Morgan fingerprint density at radius 2 is 1.24 bits per heavy atom. The smallest absolute Gasteiger partial charge is 0.407 e. The number of ether oxygens (including phenoxy) is 2. The maximum absolute atomic E-state index is 14.2. The number of carbonyl (C=O) groups excluding carboxylic acids is 4. The predicted octanol–water partition coefficient (Wildman–Crippen LogP) is 6.33. The average molecular weight is 761 g/mol. The van der Waals surface area contributed by atoms with E-state index in [0.717, 1.165) is 66.5 Å². The van der Waals surface area contributed by atoms with Crippen molar-refractivity contribution < 1.29 is 50.6 Å². The van der Waals surface area contributed by atoms with E-state index in [4.69, 9.17) is 21.9 Å². The fourth-order valence-corrected chi connectivity index (χ4v) is 7.68. The van der Waals surface area contributed by atoms with Gasteiger partial charge in [-0.25, -0.2) is 19.6 Å². The monoisotopic (exact) mass is 761 g/mol. The van der Waals surface area contributed by atoms with Crippen LogP contribution in [-0.4, -0.2) is 93.1 Å². The Morgan fingerprint density at radius 3 is 1.76 bits per heavy atom. The van der Waals surface area contributed by atoms with Gasteiger partial charge in [0.15, 0.2) is 0 Å². The summed E-state index contributed by atoms with van der Waals surface area (Å²) < 4.78 is 140. The highest BCUT2D eigenvalue weighted by atomic mass is 16.5. The molecule has 14 nitrogen and oxygen atoms in total. The van der Waals surface area contributed by atoms with E-state index in [-0.39, 0.29) is 30.7 Å². The Morgan fingerprint density at radius 1 is 0.741 bits per heavy atom. The second-order valence-corrected chi connectivity index (χ2v) is 13.6. The van der Waals surface area contributed by atoms with Crippen molar-refractivity contribution in [1.29, 1.82) is 0 Å². The molecule has 4 atom stereocenters. The molecular weight excluding hydrogens is 688 g/mol. The highest BCUT2D eigenvalue weighted by molar-refractivity contribution is 5.87. The minimum atomic E-state index is -3.81. The molecule has 2 saturated heterocycles. The molecule has 54 heavy (non-hydrogen) atoms. The highest BCUT2D eigenvalue weighted by Gasteiger charge is 2.39. The summed E-state index contributed by atoms with van der Waals surface area (Å²) in [6, 6.07) is -1.02. The van der Waals surface area contributed by atoms with Crippen molar-refractivity contribution in [1.82, 2.24) is 40.4 Å². The summed E-state index contributed by atoms with van der Waals surface area (Å²) in [7, 11) is 1.77. The first-order chi connectivity index (χ1) is 32.3. The van der Waals surface area contributed by atoms with Crippen LogP contribution < -0.4 is 10.6 Å². The summed E-state index contributed by atoms with van der Waals surface area (Å²) in [5.74, 6) is -9.62. The van der Waals surface area contributed by atoms with Crippen LogP contribution in [0.1, 0.15) is 148 Å². The van der Waals surface area contributed by atoms with Gasteiger partial charge < -0.3 is 39.9 Å². The van der Waals surface area contributed by atoms with Gasteiger partial charge in [0.05, 0.1) is 40.9 Å². The Balaban J connectivity index is 1.13. The number of nitrogens with zero attached hydrogens (tertiary/aromatic N) is 4. The third-order valence-corrected chi connectivity index (χ3v) is 10.5. The summed E-state index contributed by atoms with van der Waals surface area (Å²) >= 11 is 0. The maximum Gasteiger partial charge on any atom is 0.407 e. The molecule has 0 bridgehead atoms. The third-order valence-electron chi connectivity index (χ3n) is 10.5. The lowest BCUT2D eigenvalue weighted by Crippen LogP contribution is -2.51. The number of rotatable bonds is 11. The lowest BCUT2D eigenvalue weighted by atomic mass is 9.77. The molecule has 2 aromatic heterocycles. The number of nitrogens with one attached hydrogen (secondary N) is 4. The third kappa shape index (κ3) is 8.42. The van der Waals surface area contributed by atoms with Crippen LogP contribution in [0.25, 0.3) is 11.3 Å². The molecule has 1 aliphatic carbocycles. The van der Waals surface area contributed by atoms with E-state index in [0.29, 0.717) is 37.2 Å². The van der Waals surface area contributed by atoms with Crippen LogP contribution in [0.4, 0.5) is 9.59 Å². The molecule has 0 radical (unpaired) electrons. The molecule has 14 heteroatoms. The molecule has 3 fully saturated rings. The number of H-pyrrole nitrogens is 2. The Hall–Kier alpha value is -4.88. The Kier molecular flexibility index (Phi) is 7.31. The molecular formula is C40H56N8O6. The number of aromatic nitrogens is 4. The van der Waals surface area contributed by atoms with Crippen LogP contribution in [0, 0.1) is 11.8 Å². The number of benzene rings is 1. The molecule has 3 aliphatic rings. The number of alkyl carbamates (subject to hydrolysis) is 2. The van der Waals surface area contributed by atoms with Crippen LogP contribution in [0.2, 0.25) is 0 Å². The summed E-state index contributed by atoms with van der Waals surface area (Å²) in [5.41, 5.74) is 3.16. The lowest BCUT2D eigenvalue weighted by Gasteiger charge is -2.30. The minimum absolute atomic E-state index is 0.0301. The van der Waals surface area contributed by atoms with Gasteiger partial charge in [0, 0.05) is 50.1 Å². The average Bonchev–Trinajstić information content (AvgIpc) is 4.14. The molecule has 1 aromatic carbocycles. The molecule has 6 rings (SSSR count). The zero-order valence-electron chi connectivity index (χ0n) is 46.1. The summed E-state index contributed by atoms with van der Waals surface area (Å²) in [6.45, 7) is -15.0. The van der Waals surface area contributed by atoms with Crippen LogP contribution in [0.5, 0.6) is 0 Å². The van der Waals surface area contributed by atoms with Gasteiger partial charge in [-0.1, -0.05) is 51.7 Å². The molecule has 1 saturated carbocycles. The van der Waals surface area contributed by atoms with E-state index in [1.54, 1.807) is 16.8 Å². The fourth-order valence-electron chi connectivity index (χ4n) is 7.68. The number of hydrogen-bond donors (Lipinski definition) is 4. The lowest BCUT2D eigenvalue weighted by molar-refractivity contribution is -0.136. The molecule has 0 unspecified atom stereocenters. The zero-order chi connectivity index (χ0) is 52.2. The van der Waals surface area contributed by atoms with Crippen molar-refractivity contribution in [2.24, 2.45) is 11.8 Å². The first-order valence-corrected chi connectivity index (χ1v) is 17.9. The van der Waals surface area contributed by atoms with E-state index in [1.807, 2.05) is 24.3 Å². The van der Waals surface area contributed by atoms with Crippen molar-refractivity contribution in [3.63, 3.8) is 0 Å². The first-order valence-electron chi connectivity index (χ1n) is 25.9. The second-order valence-electron chi connectivity index (χ2n) is 13.6. The Labute approximate surface area is 340 Å². The van der Waals surface area contributed by atoms with Crippen LogP contribution in [0.15, 0.2) is 36.7 Å². The Bertz CT molecular complexity index is 2370. The van der Waals surface area contributed by atoms with Crippen molar-refractivity contribution >= 4 is 24.0 Å². The van der Waals surface area contributed by atoms with Crippen LogP contribution in [0.3, 0.4) is 0 Å². The largest absolute Gasteiger partial charge is 0.453 e. The van der Waals surface area contributed by atoms with E-state index < -0.39 is 87.3 Å². The van der Waals surface area contributed by atoms with E-state index in [2.05, 4.69) is 29.4 Å². The second kappa shape index (κ2) is 17.1. The molecule has 4 amide bonds. The van der Waals surface area contributed by atoms with Crippen molar-refractivity contribution in [2.75, 3.05) is 27.3 Å². The van der Waals surface area contributed by atoms with Gasteiger partial charge in [0.25, 0.3) is 0 Å². The summed E-state index contributed by atoms with van der Waals surface area (Å²) in [5, 5.41) is 3.54. The molecule has 3 aromatic rings. The molecule has 292 valence electrons. The van der Waals surface area contributed by atoms with Gasteiger partial charge in [-0.2, -0.15) is 0 Å². The van der Waals surface area contributed by atoms with Gasteiger partial charge in [-0.15, -0.1) is 0 Å². The van der Waals surface area contributed by atoms with Crippen molar-refractivity contribution in [2.45, 2.75) is 115 Å². The molecule has 4 heterocycles. The normalized spacial score (nSPS) is 29.5. The molecule has 4 N–H and O–H groups in total.